The van der Waals surface area contributed by atoms with Gasteiger partial charge >= 0.3 is 6.09 Å². The Morgan fingerprint density at radius 2 is 2.19 bits per heavy atom. The first kappa shape index (κ1) is 17.2. The van der Waals surface area contributed by atoms with E-state index in [4.69, 9.17) is 9.47 Å². The van der Waals surface area contributed by atoms with E-state index in [0.29, 0.717) is 33.8 Å². The molecule has 2 amide bonds. The van der Waals surface area contributed by atoms with Gasteiger partial charge < -0.3 is 25.1 Å². The molecule has 0 bridgehead atoms. The van der Waals surface area contributed by atoms with Crippen LogP contribution >= 0.6 is 0 Å². The lowest BCUT2D eigenvalue weighted by Crippen LogP contribution is -2.19. The van der Waals surface area contributed by atoms with E-state index in [2.05, 4.69) is 27.5 Å². The fourth-order valence-electron chi connectivity index (χ4n) is 2.60. The molecule has 1 aromatic carbocycles. The van der Waals surface area contributed by atoms with Gasteiger partial charge in [-0.05, 0) is 24.3 Å². The quantitative estimate of drug-likeness (QED) is 0.584. The Balaban J connectivity index is 1.95. The second-order valence-corrected chi connectivity index (χ2v) is 5.33. The van der Waals surface area contributed by atoms with Gasteiger partial charge in [-0.1, -0.05) is 17.9 Å². The lowest BCUT2D eigenvalue weighted by Gasteiger charge is -2.03. The third kappa shape index (κ3) is 3.39. The molecule has 1 aromatic heterocycles. The molecule has 7 heteroatoms. The van der Waals surface area contributed by atoms with E-state index < -0.39 is 6.09 Å². The minimum absolute atomic E-state index is 0.0474. The number of aromatic amines is 1. The molecule has 26 heavy (non-hydrogen) atoms. The number of aromatic nitrogens is 1. The summed E-state index contributed by atoms with van der Waals surface area (Å²) in [5.74, 6) is 6.16. The number of amides is 2. The SMILES string of the molecule is CNC(=O)OCC#Cc1cccc2c1C(=Cc1[nH]ccc1OC)C(=O)N2. The maximum atomic E-state index is 12.4. The van der Waals surface area contributed by atoms with Crippen LogP contribution in [-0.4, -0.2) is 37.7 Å². The van der Waals surface area contributed by atoms with Crippen molar-refractivity contribution < 1.29 is 19.1 Å². The second kappa shape index (κ2) is 7.49. The first-order valence-electron chi connectivity index (χ1n) is 7.85. The van der Waals surface area contributed by atoms with Gasteiger partial charge in [0.2, 0.25) is 0 Å². The Labute approximate surface area is 150 Å². The van der Waals surface area contributed by atoms with Gasteiger partial charge in [0.15, 0.2) is 6.61 Å². The van der Waals surface area contributed by atoms with Crippen molar-refractivity contribution in [3.05, 3.63) is 47.3 Å². The monoisotopic (exact) mass is 351 g/mol. The normalized spacial score (nSPS) is 13.5. The molecule has 1 aliphatic rings. The molecule has 0 atom stereocenters. The van der Waals surface area contributed by atoms with E-state index in [1.807, 2.05) is 12.1 Å². The average molecular weight is 351 g/mol. The predicted molar refractivity (Wildman–Crippen MR) is 97.6 cm³/mol. The first-order chi connectivity index (χ1) is 12.6. The summed E-state index contributed by atoms with van der Waals surface area (Å²) in [6, 6.07) is 7.21. The van der Waals surface area contributed by atoms with Crippen molar-refractivity contribution in [2.24, 2.45) is 0 Å². The molecule has 3 rings (SSSR count). The molecule has 2 heterocycles. The third-order valence-corrected chi connectivity index (χ3v) is 3.78. The number of alkyl carbamates (subject to hydrolysis) is 1. The van der Waals surface area contributed by atoms with Crippen molar-refractivity contribution in [2.75, 3.05) is 26.1 Å². The van der Waals surface area contributed by atoms with Crippen LogP contribution < -0.4 is 15.4 Å². The number of hydrogen-bond donors (Lipinski definition) is 3. The van der Waals surface area contributed by atoms with Gasteiger partial charge in [0.25, 0.3) is 5.91 Å². The molecule has 0 saturated carbocycles. The molecule has 1 aliphatic heterocycles. The highest BCUT2D eigenvalue weighted by atomic mass is 16.5. The summed E-state index contributed by atoms with van der Waals surface area (Å²) in [6.07, 6.45) is 2.92. The van der Waals surface area contributed by atoms with Crippen LogP contribution in [0, 0.1) is 11.8 Å². The molecule has 0 fully saturated rings. The molecule has 0 radical (unpaired) electrons. The third-order valence-electron chi connectivity index (χ3n) is 3.78. The largest absolute Gasteiger partial charge is 0.495 e. The maximum absolute atomic E-state index is 12.4. The van der Waals surface area contributed by atoms with Crippen molar-refractivity contribution in [3.8, 4) is 17.6 Å². The van der Waals surface area contributed by atoms with Crippen LogP contribution in [0.3, 0.4) is 0 Å². The number of fused-ring (bicyclic) bond motifs is 1. The van der Waals surface area contributed by atoms with Crippen LogP contribution in [0.5, 0.6) is 5.75 Å². The number of anilines is 1. The average Bonchev–Trinajstić information content (AvgIpc) is 3.23. The number of hydrogen-bond acceptors (Lipinski definition) is 4. The predicted octanol–water partition coefficient (Wildman–Crippen LogP) is 2.22. The molecule has 0 aliphatic carbocycles. The highest BCUT2D eigenvalue weighted by Gasteiger charge is 2.26. The molecule has 0 saturated heterocycles. The van der Waals surface area contributed by atoms with Crippen molar-refractivity contribution in [1.29, 1.82) is 0 Å². The van der Waals surface area contributed by atoms with Gasteiger partial charge in [0.1, 0.15) is 5.75 Å². The Hall–Kier alpha value is -3.66. The molecular formula is C19H17N3O4. The van der Waals surface area contributed by atoms with Gasteiger partial charge in [0, 0.05) is 24.4 Å². The fraction of sp³-hybridized carbons (Fsp3) is 0.158. The number of H-pyrrole nitrogens is 1. The van der Waals surface area contributed by atoms with Gasteiger partial charge in [-0.3, -0.25) is 4.79 Å². The molecule has 132 valence electrons. The van der Waals surface area contributed by atoms with Crippen LogP contribution in [0.25, 0.3) is 11.6 Å². The van der Waals surface area contributed by atoms with Crippen LogP contribution in [-0.2, 0) is 9.53 Å². The molecule has 0 spiro atoms. The summed E-state index contributed by atoms with van der Waals surface area (Å²) < 4.78 is 10.1. The number of carbonyl (C=O) groups excluding carboxylic acids is 2. The number of rotatable bonds is 3. The molecule has 7 nitrogen and oxygen atoms in total. The van der Waals surface area contributed by atoms with E-state index in [1.54, 1.807) is 31.5 Å². The molecule has 2 aromatic rings. The molecule has 0 unspecified atom stereocenters. The fourth-order valence-corrected chi connectivity index (χ4v) is 2.60. The standard InChI is InChI=1S/C19H17N3O4/c1-20-19(24)26-10-4-6-12-5-3-7-14-17(12)13(18(23)22-14)11-15-16(25-2)8-9-21-15/h3,5,7-9,11,21H,10H2,1-2H3,(H,20,24)(H,22,23). The van der Waals surface area contributed by atoms with E-state index in [-0.39, 0.29) is 12.5 Å². The minimum Gasteiger partial charge on any atom is -0.495 e. The Morgan fingerprint density at radius 3 is 2.96 bits per heavy atom. The van der Waals surface area contributed by atoms with Crippen molar-refractivity contribution in [1.82, 2.24) is 10.3 Å². The zero-order valence-electron chi connectivity index (χ0n) is 14.3. The lowest BCUT2D eigenvalue weighted by molar-refractivity contribution is -0.110. The van der Waals surface area contributed by atoms with E-state index in [0.717, 1.165) is 0 Å². The van der Waals surface area contributed by atoms with E-state index in [9.17, 15) is 9.59 Å². The van der Waals surface area contributed by atoms with Gasteiger partial charge in [-0.15, -0.1) is 0 Å². The van der Waals surface area contributed by atoms with Crippen molar-refractivity contribution in [2.45, 2.75) is 0 Å². The molecule has 3 N–H and O–H groups in total. The van der Waals surface area contributed by atoms with Crippen LogP contribution in [0.2, 0.25) is 0 Å². The van der Waals surface area contributed by atoms with E-state index >= 15 is 0 Å². The first-order valence-corrected chi connectivity index (χ1v) is 7.85. The Kier molecular flexibility index (Phi) is 4.94. The number of nitrogens with one attached hydrogen (secondary N) is 3. The summed E-state index contributed by atoms with van der Waals surface area (Å²) in [5, 5.41) is 5.18. The summed E-state index contributed by atoms with van der Waals surface area (Å²) >= 11 is 0. The van der Waals surface area contributed by atoms with Gasteiger partial charge in [-0.2, -0.15) is 0 Å². The number of carbonyl (C=O) groups is 2. The van der Waals surface area contributed by atoms with Crippen LogP contribution in [0.4, 0.5) is 10.5 Å². The van der Waals surface area contributed by atoms with Crippen molar-refractivity contribution >= 4 is 29.3 Å². The van der Waals surface area contributed by atoms with Crippen LogP contribution in [0.15, 0.2) is 30.5 Å². The lowest BCUT2D eigenvalue weighted by atomic mass is 10.00. The zero-order valence-corrected chi connectivity index (χ0v) is 14.3. The highest BCUT2D eigenvalue weighted by molar-refractivity contribution is 6.35. The maximum Gasteiger partial charge on any atom is 0.407 e. The van der Waals surface area contributed by atoms with Crippen molar-refractivity contribution in [3.63, 3.8) is 0 Å². The second-order valence-electron chi connectivity index (χ2n) is 5.33. The summed E-state index contributed by atoms with van der Waals surface area (Å²) in [5.41, 5.74) is 3.24. The summed E-state index contributed by atoms with van der Waals surface area (Å²) in [7, 11) is 3.04. The minimum atomic E-state index is -0.547. The van der Waals surface area contributed by atoms with Gasteiger partial charge in [-0.25, -0.2) is 4.79 Å². The highest BCUT2D eigenvalue weighted by Crippen LogP contribution is 2.36. The van der Waals surface area contributed by atoms with E-state index in [1.165, 1.54) is 7.05 Å². The Morgan fingerprint density at radius 1 is 1.35 bits per heavy atom. The number of ether oxygens (including phenoxy) is 2. The summed E-state index contributed by atoms with van der Waals surface area (Å²) in [6.45, 7) is -0.0474. The molecular weight excluding hydrogens is 334 g/mol. The smallest absolute Gasteiger partial charge is 0.407 e. The number of benzene rings is 1. The van der Waals surface area contributed by atoms with Gasteiger partial charge in [0.05, 0.1) is 24.1 Å². The van der Waals surface area contributed by atoms with Crippen LogP contribution in [0.1, 0.15) is 16.8 Å². The number of methoxy groups -OCH3 is 1. The summed E-state index contributed by atoms with van der Waals surface area (Å²) in [4.78, 5) is 26.5. The Bertz CT molecular complexity index is 947. The zero-order chi connectivity index (χ0) is 18.5. The topological polar surface area (TPSA) is 92.4 Å².